The quantitative estimate of drug-likeness (QED) is 0.696. The van der Waals surface area contributed by atoms with Gasteiger partial charge in [0.25, 0.3) is 0 Å². The zero-order valence-corrected chi connectivity index (χ0v) is 7.57. The molecule has 0 aliphatic carbocycles. The Hall–Kier alpha value is -1.32. The molecule has 0 spiro atoms. The number of rotatable bonds is 2. The Balaban J connectivity index is 3.05. The van der Waals surface area contributed by atoms with Gasteiger partial charge >= 0.3 is 0 Å². The van der Waals surface area contributed by atoms with E-state index in [4.69, 9.17) is 5.73 Å². The number of nitrogens with one attached hydrogen (secondary N) is 1. The first-order valence-corrected chi connectivity index (χ1v) is 4.01. The first kappa shape index (κ1) is 9.77. The van der Waals surface area contributed by atoms with Crippen LogP contribution < -0.4 is 11.1 Å². The number of anilines is 2. The Morgan fingerprint density at radius 2 is 1.92 bits per heavy atom. The van der Waals surface area contributed by atoms with Crippen molar-refractivity contribution >= 4 is 11.4 Å². The summed E-state index contributed by atoms with van der Waals surface area (Å²) in [5.74, 6) is -1.36. The molecule has 0 amide bonds. The first-order valence-electron chi connectivity index (χ1n) is 4.01. The molecule has 1 aromatic carbocycles. The van der Waals surface area contributed by atoms with Gasteiger partial charge in [-0.3, -0.25) is 0 Å². The number of hydrogen-bond donors (Lipinski definition) is 2. The van der Waals surface area contributed by atoms with Crippen LogP contribution >= 0.6 is 0 Å². The molecule has 1 rings (SSSR count). The zero-order chi connectivity index (χ0) is 10.0. The molecule has 3 N–H and O–H groups in total. The summed E-state index contributed by atoms with van der Waals surface area (Å²) < 4.78 is 25.6. The van der Waals surface area contributed by atoms with Crippen molar-refractivity contribution < 1.29 is 8.78 Å². The highest BCUT2D eigenvalue weighted by atomic mass is 19.1. The number of halogens is 2. The fourth-order valence-electron chi connectivity index (χ4n) is 1.02. The summed E-state index contributed by atoms with van der Waals surface area (Å²) in [5, 5.41) is 2.85. The van der Waals surface area contributed by atoms with Gasteiger partial charge in [0, 0.05) is 12.1 Å². The third-order valence-corrected chi connectivity index (χ3v) is 1.54. The summed E-state index contributed by atoms with van der Waals surface area (Å²) in [7, 11) is 0. The molecule has 13 heavy (non-hydrogen) atoms. The third-order valence-electron chi connectivity index (χ3n) is 1.54. The topological polar surface area (TPSA) is 38.0 Å². The van der Waals surface area contributed by atoms with Gasteiger partial charge in [-0.25, -0.2) is 8.78 Å². The van der Waals surface area contributed by atoms with Gasteiger partial charge < -0.3 is 11.1 Å². The summed E-state index contributed by atoms with van der Waals surface area (Å²) in [6, 6.07) is 2.03. The van der Waals surface area contributed by atoms with E-state index >= 15 is 0 Å². The normalized spacial score (nSPS) is 10.5. The minimum absolute atomic E-state index is 0.0462. The second kappa shape index (κ2) is 3.60. The van der Waals surface area contributed by atoms with E-state index in [1.54, 1.807) is 0 Å². The van der Waals surface area contributed by atoms with E-state index in [9.17, 15) is 8.78 Å². The molecule has 0 fully saturated rings. The molecule has 0 saturated carbocycles. The predicted octanol–water partition coefficient (Wildman–Crippen LogP) is 2.37. The fourth-order valence-corrected chi connectivity index (χ4v) is 1.02. The average Bonchev–Trinajstić information content (AvgIpc) is 1.98. The van der Waals surface area contributed by atoms with Gasteiger partial charge in [0.2, 0.25) is 0 Å². The molecule has 1 aromatic rings. The van der Waals surface area contributed by atoms with Gasteiger partial charge in [0.15, 0.2) is 5.82 Å². The van der Waals surface area contributed by atoms with E-state index in [2.05, 4.69) is 5.32 Å². The number of hydrogen-bond acceptors (Lipinski definition) is 2. The molecule has 0 aromatic heterocycles. The SMILES string of the molecule is CC(C)Nc1cc(F)cc(F)c1N. The Bertz CT molecular complexity index is 311. The van der Waals surface area contributed by atoms with Gasteiger partial charge in [-0.1, -0.05) is 0 Å². The fraction of sp³-hybridized carbons (Fsp3) is 0.333. The maximum Gasteiger partial charge on any atom is 0.151 e. The first-order chi connectivity index (χ1) is 6.00. The van der Waals surface area contributed by atoms with Gasteiger partial charge in [-0.15, -0.1) is 0 Å². The second-order valence-electron chi connectivity index (χ2n) is 3.15. The highest BCUT2D eigenvalue weighted by molar-refractivity contribution is 5.66. The highest BCUT2D eigenvalue weighted by Gasteiger charge is 2.08. The van der Waals surface area contributed by atoms with Crippen molar-refractivity contribution in [3.05, 3.63) is 23.8 Å². The Morgan fingerprint density at radius 3 is 2.46 bits per heavy atom. The second-order valence-corrected chi connectivity index (χ2v) is 3.15. The van der Waals surface area contributed by atoms with E-state index in [1.807, 2.05) is 13.8 Å². The van der Waals surface area contributed by atoms with Crippen LogP contribution in [-0.4, -0.2) is 6.04 Å². The molecule has 2 nitrogen and oxygen atoms in total. The van der Waals surface area contributed by atoms with Crippen LogP contribution in [0.1, 0.15) is 13.8 Å². The van der Waals surface area contributed by atoms with Crippen molar-refractivity contribution in [1.82, 2.24) is 0 Å². The molecule has 0 radical (unpaired) electrons. The highest BCUT2D eigenvalue weighted by Crippen LogP contribution is 2.23. The average molecular weight is 186 g/mol. The lowest BCUT2D eigenvalue weighted by molar-refractivity contribution is 0.586. The smallest absolute Gasteiger partial charge is 0.151 e. The van der Waals surface area contributed by atoms with Crippen LogP contribution in [0.5, 0.6) is 0 Å². The van der Waals surface area contributed by atoms with Crippen molar-refractivity contribution in [2.75, 3.05) is 11.1 Å². The largest absolute Gasteiger partial charge is 0.395 e. The molecule has 72 valence electrons. The van der Waals surface area contributed by atoms with Crippen LogP contribution in [0, 0.1) is 11.6 Å². The Labute approximate surface area is 75.7 Å². The predicted molar refractivity (Wildman–Crippen MR) is 49.5 cm³/mol. The van der Waals surface area contributed by atoms with Gasteiger partial charge in [-0.05, 0) is 19.9 Å². The zero-order valence-electron chi connectivity index (χ0n) is 7.57. The Morgan fingerprint density at radius 1 is 1.31 bits per heavy atom. The lowest BCUT2D eigenvalue weighted by atomic mass is 10.2. The maximum absolute atomic E-state index is 12.9. The van der Waals surface area contributed by atoms with Crippen LogP contribution in [0.4, 0.5) is 20.2 Å². The molecule has 0 unspecified atom stereocenters. The lowest BCUT2D eigenvalue weighted by Crippen LogP contribution is -2.12. The van der Waals surface area contributed by atoms with Crippen molar-refractivity contribution in [1.29, 1.82) is 0 Å². The number of nitrogens with two attached hydrogens (primary N) is 1. The Kier molecular flexibility index (Phi) is 2.70. The summed E-state index contributed by atoms with van der Waals surface area (Å²) >= 11 is 0. The number of benzene rings is 1. The molecule has 0 heterocycles. The minimum Gasteiger partial charge on any atom is -0.395 e. The molecule has 0 atom stereocenters. The van der Waals surface area contributed by atoms with Crippen molar-refractivity contribution in [3.63, 3.8) is 0 Å². The standard InChI is InChI=1S/C9H12F2N2/c1-5(2)13-8-4-6(10)3-7(11)9(8)12/h3-5,13H,12H2,1-2H3. The van der Waals surface area contributed by atoms with Crippen LogP contribution in [0.25, 0.3) is 0 Å². The summed E-state index contributed by atoms with van der Waals surface area (Å²) in [6.07, 6.45) is 0. The summed E-state index contributed by atoms with van der Waals surface area (Å²) in [6.45, 7) is 3.73. The summed E-state index contributed by atoms with van der Waals surface area (Å²) in [5.41, 5.74) is 5.65. The van der Waals surface area contributed by atoms with Crippen LogP contribution in [-0.2, 0) is 0 Å². The van der Waals surface area contributed by atoms with Gasteiger partial charge in [0.05, 0.1) is 11.4 Å². The van der Waals surface area contributed by atoms with E-state index in [0.29, 0.717) is 5.69 Å². The molecule has 0 bridgehead atoms. The lowest BCUT2D eigenvalue weighted by Gasteiger charge is -2.12. The van der Waals surface area contributed by atoms with E-state index in [-0.39, 0.29) is 11.7 Å². The van der Waals surface area contributed by atoms with Crippen LogP contribution in [0.15, 0.2) is 12.1 Å². The van der Waals surface area contributed by atoms with Crippen LogP contribution in [0.3, 0.4) is 0 Å². The van der Waals surface area contributed by atoms with Gasteiger partial charge in [0.1, 0.15) is 5.82 Å². The number of nitrogen functional groups attached to an aromatic ring is 1. The molecule has 0 aliphatic heterocycles. The van der Waals surface area contributed by atoms with Crippen molar-refractivity contribution in [2.45, 2.75) is 19.9 Å². The summed E-state index contributed by atoms with van der Waals surface area (Å²) in [4.78, 5) is 0. The van der Waals surface area contributed by atoms with Crippen molar-refractivity contribution in [3.8, 4) is 0 Å². The maximum atomic E-state index is 12.9. The van der Waals surface area contributed by atoms with E-state index < -0.39 is 11.6 Å². The van der Waals surface area contributed by atoms with Crippen molar-refractivity contribution in [2.24, 2.45) is 0 Å². The van der Waals surface area contributed by atoms with Gasteiger partial charge in [-0.2, -0.15) is 0 Å². The molecular formula is C9H12F2N2. The molecule has 0 saturated heterocycles. The molecule has 4 heteroatoms. The van der Waals surface area contributed by atoms with E-state index in [1.165, 1.54) is 6.07 Å². The molecular weight excluding hydrogens is 174 g/mol. The third kappa shape index (κ3) is 2.31. The van der Waals surface area contributed by atoms with E-state index in [0.717, 1.165) is 6.07 Å². The van der Waals surface area contributed by atoms with Crippen LogP contribution in [0.2, 0.25) is 0 Å². The minimum atomic E-state index is -0.733. The molecule has 0 aliphatic rings. The monoisotopic (exact) mass is 186 g/mol.